The zero-order valence-corrected chi connectivity index (χ0v) is 38.3. The summed E-state index contributed by atoms with van der Waals surface area (Å²) in [6.45, 7) is 0. The molecule has 1 aliphatic rings. The molecule has 0 saturated carbocycles. The predicted molar refractivity (Wildman–Crippen MR) is 313 cm³/mol. The van der Waals surface area contributed by atoms with Gasteiger partial charge in [0.15, 0.2) is 0 Å². The van der Waals surface area contributed by atoms with Gasteiger partial charge < -0.3 is 4.74 Å². The summed E-state index contributed by atoms with van der Waals surface area (Å²) in [7, 11) is 1.58. The van der Waals surface area contributed by atoms with E-state index in [1.54, 1.807) is 331 Å². The normalized spacial score (nSPS) is 17.6. The molecular formula is C72H14O2. The second-order valence-corrected chi connectivity index (χ2v) is 26.2. The summed E-state index contributed by atoms with van der Waals surface area (Å²) in [5, 5.41) is 93.0. The summed E-state index contributed by atoms with van der Waals surface area (Å²) in [6.07, 6.45) is 2.00. The Bertz CT molecular complexity index is 7310. The summed E-state index contributed by atoms with van der Waals surface area (Å²) < 4.78 is 5.54. The lowest BCUT2D eigenvalue weighted by Crippen LogP contribution is -2.32. The number of esters is 1. The third-order valence-corrected chi connectivity index (χ3v) is 25.5. The number of hydrogen-bond acceptors (Lipinski definition) is 2. The van der Waals surface area contributed by atoms with Gasteiger partial charge >= 0.3 is 5.97 Å². The first-order valence-corrected chi connectivity index (χ1v) is 27.4. The van der Waals surface area contributed by atoms with Crippen molar-refractivity contribution in [2.75, 3.05) is 7.11 Å². The van der Waals surface area contributed by atoms with Gasteiger partial charge in [-0.15, -0.1) is 0 Å². The lowest BCUT2D eigenvalue weighted by molar-refractivity contribution is -0.140. The van der Waals surface area contributed by atoms with E-state index in [1.807, 2.05) is 0 Å². The quantitative estimate of drug-likeness (QED) is 0.127. The highest BCUT2D eigenvalue weighted by atomic mass is 16.5. The summed E-state index contributed by atoms with van der Waals surface area (Å²) >= 11 is 0. The van der Waals surface area contributed by atoms with Gasteiger partial charge in [-0.25, -0.2) is 0 Å². The first kappa shape index (κ1) is 28.8. The number of hydrogen-bond donors (Lipinski definition) is 0. The van der Waals surface area contributed by atoms with Gasteiger partial charge in [0.05, 0.1) is 7.11 Å². The van der Waals surface area contributed by atoms with Crippen LogP contribution < -0.4 is 0 Å². The van der Waals surface area contributed by atoms with Gasteiger partial charge in [-0.2, -0.15) is 0 Å². The van der Waals surface area contributed by atoms with Gasteiger partial charge in [-0.3, -0.25) is 4.79 Å². The number of fused-ring (bicyclic) bond motifs is 5. The fourth-order valence-corrected chi connectivity index (χ4v) is 25.0. The Hall–Kier alpha value is -9.11. The van der Waals surface area contributed by atoms with Crippen LogP contribution in [0.1, 0.15) is 36.0 Å². The van der Waals surface area contributed by atoms with Gasteiger partial charge in [0.25, 0.3) is 0 Å². The molecule has 0 amide bonds. The Morgan fingerprint density at radius 1 is 0.284 bits per heavy atom. The summed E-state index contributed by atoms with van der Waals surface area (Å²) in [5.41, 5.74) is 4.01. The number of carbonyl (C=O) groups excluding carboxylic acids is 1. The van der Waals surface area contributed by atoms with E-state index in [0.717, 1.165) is 12.8 Å². The molecule has 0 spiro atoms. The lowest BCUT2D eigenvalue weighted by atomic mass is 9.59. The largest absolute Gasteiger partial charge is 0.469 e. The molecule has 0 bridgehead atoms. The summed E-state index contributed by atoms with van der Waals surface area (Å²) in [4.78, 5) is 13.6. The molecule has 314 valence electrons. The maximum Gasteiger partial charge on any atom is 0.305 e. The molecule has 2 nitrogen and oxygen atoms in total. The van der Waals surface area contributed by atoms with E-state index in [2.05, 4.69) is 30.3 Å². The van der Waals surface area contributed by atoms with Crippen LogP contribution in [-0.2, 0) is 14.9 Å². The molecule has 0 saturated heterocycles. The van der Waals surface area contributed by atoms with Crippen molar-refractivity contribution in [3.05, 3.63) is 47.0 Å². The van der Waals surface area contributed by atoms with Crippen molar-refractivity contribution < 1.29 is 9.53 Å². The van der Waals surface area contributed by atoms with Crippen molar-refractivity contribution in [2.45, 2.75) is 24.7 Å². The molecule has 32 rings (SSSR count). The number of methoxy groups -OCH3 is 1. The average Bonchev–Trinajstić information content (AvgIpc) is 2.58. The Morgan fingerprint density at radius 3 is 0.649 bits per heavy atom. The molecule has 0 aromatic heterocycles. The number of benzene rings is 20. The van der Waals surface area contributed by atoms with Gasteiger partial charge in [-0.1, -0.05) is 30.3 Å². The van der Waals surface area contributed by atoms with Crippen LogP contribution >= 0.6 is 0 Å². The standard InChI is InChI=1S/C72H14O2/c1-74-11(73)8-5-9-72(10-6-3-2-4-7-10)70-66-59-52-40-32-23-14-12-13-15-18(14)27-34(32)42-43-35(27)33-24(15)26-22-17(13)20-19-16(12)21-25(23)38(40)46-44-30(21)28(19)36-37-29(20)31(22)45-47-39(26)41(33)53-55(43)64(63(66)54(42)52)67-60(53)58(47)62-51(45)49(37)56-48(36)50(44)61(57(46)59)68(70)65(56)69(62)71(67)72/h2-4,6-7H,5,8-9H2,1H3. The van der Waals surface area contributed by atoms with E-state index in [9.17, 15) is 4.79 Å². The summed E-state index contributed by atoms with van der Waals surface area (Å²) in [5.74, 6) is -0.103. The maximum atomic E-state index is 13.6. The fraction of sp³-hybridized carbons (Fsp3) is 0.0694. The van der Waals surface area contributed by atoms with Crippen molar-refractivity contribution in [1.82, 2.24) is 0 Å². The monoisotopic (exact) mass is 910 g/mol. The zero-order chi connectivity index (χ0) is 44.7. The lowest BCUT2D eigenvalue weighted by Gasteiger charge is -2.42. The minimum absolute atomic E-state index is 0.103. The highest BCUT2D eigenvalue weighted by molar-refractivity contribution is 6.84. The minimum Gasteiger partial charge on any atom is -0.469 e. The highest BCUT2D eigenvalue weighted by Gasteiger charge is 2.55. The van der Waals surface area contributed by atoms with E-state index in [4.69, 9.17) is 4.74 Å². The molecule has 0 radical (unpaired) electrons. The number of rotatable bonds is 5. The van der Waals surface area contributed by atoms with Crippen molar-refractivity contribution in [1.29, 1.82) is 0 Å². The second kappa shape index (κ2) is 6.86. The molecule has 31 aromatic rings. The SMILES string of the molecule is COC(=O)CCCC1(c2ccccc2)c2c3c4c5c1c1c6c7c2c2c8c3c3c9c4c4c%10c5c5c1c1c6c6c%11c7c2c2c7c8c3c3c8c9c4c4c9c%10c5c5c1c1c6c6c%11c2c2c7c3c3c8c4c4c9c5c1c1c6c2c3c41. The molecule has 0 unspecified atom stereocenters. The van der Waals surface area contributed by atoms with Gasteiger partial charge in [0.1, 0.15) is 0 Å². The molecule has 31 aromatic carbocycles. The Labute approximate surface area is 404 Å². The van der Waals surface area contributed by atoms with Crippen molar-refractivity contribution in [2.24, 2.45) is 0 Å². The summed E-state index contributed by atoms with van der Waals surface area (Å²) in [6, 6.07) is 11.9. The Morgan fingerprint density at radius 2 is 0.459 bits per heavy atom. The van der Waals surface area contributed by atoms with Crippen LogP contribution in [0.25, 0.3) is 312 Å². The van der Waals surface area contributed by atoms with Crippen molar-refractivity contribution in [3.63, 3.8) is 0 Å². The fourth-order valence-electron chi connectivity index (χ4n) is 25.0. The molecule has 0 fully saturated rings. The van der Waals surface area contributed by atoms with Gasteiger partial charge in [0.2, 0.25) is 0 Å². The first-order valence-electron chi connectivity index (χ1n) is 27.4. The van der Waals surface area contributed by atoms with Crippen LogP contribution in [-0.4, -0.2) is 13.1 Å². The smallest absolute Gasteiger partial charge is 0.305 e. The zero-order valence-electron chi connectivity index (χ0n) is 38.3. The van der Waals surface area contributed by atoms with E-state index in [0.29, 0.717) is 6.42 Å². The van der Waals surface area contributed by atoms with Gasteiger partial charge in [-0.05, 0) is 342 Å². The van der Waals surface area contributed by atoms with Crippen LogP contribution in [0, 0.1) is 0 Å². The third-order valence-electron chi connectivity index (χ3n) is 25.5. The molecule has 1 aliphatic carbocycles. The maximum absolute atomic E-state index is 13.6. The molecule has 0 atom stereocenters. The van der Waals surface area contributed by atoms with Crippen LogP contribution in [0.4, 0.5) is 0 Å². The molecule has 0 N–H and O–H groups in total. The van der Waals surface area contributed by atoms with Gasteiger partial charge in [0, 0.05) is 11.8 Å². The Kier molecular flexibility index (Phi) is 2.67. The van der Waals surface area contributed by atoms with E-state index < -0.39 is 5.41 Å². The average molecular weight is 911 g/mol. The number of carbonyl (C=O) groups is 1. The second-order valence-electron chi connectivity index (χ2n) is 26.2. The number of ether oxygens (including phenoxy) is 1. The predicted octanol–water partition coefficient (Wildman–Crippen LogP) is 19.7. The highest BCUT2D eigenvalue weighted by Crippen LogP contribution is 2.81. The van der Waals surface area contributed by atoms with Crippen LogP contribution in [0.15, 0.2) is 30.3 Å². The third kappa shape index (κ3) is 1.65. The molecule has 2 heteroatoms. The van der Waals surface area contributed by atoms with Crippen LogP contribution in [0.5, 0.6) is 0 Å². The van der Waals surface area contributed by atoms with Crippen LogP contribution in [0.2, 0.25) is 0 Å². The van der Waals surface area contributed by atoms with Crippen LogP contribution in [0.3, 0.4) is 0 Å². The van der Waals surface area contributed by atoms with E-state index in [-0.39, 0.29) is 5.97 Å². The topological polar surface area (TPSA) is 26.3 Å². The molecule has 0 heterocycles. The molecule has 74 heavy (non-hydrogen) atoms. The Balaban J connectivity index is 1.16. The molecule has 0 aliphatic heterocycles. The van der Waals surface area contributed by atoms with Crippen molar-refractivity contribution in [3.8, 4) is 0 Å². The van der Waals surface area contributed by atoms with E-state index >= 15 is 0 Å². The molecular weight excluding hydrogens is 897 g/mol. The van der Waals surface area contributed by atoms with E-state index in [1.165, 1.54) is 5.56 Å². The first-order chi connectivity index (χ1) is 36.8. The van der Waals surface area contributed by atoms with Crippen molar-refractivity contribution >= 4 is 318 Å². The minimum atomic E-state index is -0.534.